The van der Waals surface area contributed by atoms with Crippen molar-refractivity contribution >= 4 is 17.3 Å². The van der Waals surface area contributed by atoms with Crippen LogP contribution in [0.1, 0.15) is 0 Å². The number of nitrogens with one attached hydrogen (secondary N) is 1. The van der Waals surface area contributed by atoms with Crippen molar-refractivity contribution < 1.29 is 4.74 Å². The summed E-state index contributed by atoms with van der Waals surface area (Å²) >= 11 is 0. The molecule has 0 saturated carbocycles. The van der Waals surface area contributed by atoms with Crippen molar-refractivity contribution in [2.45, 2.75) is 0 Å². The van der Waals surface area contributed by atoms with Gasteiger partial charge >= 0.3 is 0 Å². The summed E-state index contributed by atoms with van der Waals surface area (Å²) in [4.78, 5) is 13.4. The lowest BCUT2D eigenvalue weighted by molar-refractivity contribution is 0.483. The van der Waals surface area contributed by atoms with E-state index in [-0.39, 0.29) is 0 Å². The van der Waals surface area contributed by atoms with Gasteiger partial charge in [-0.05, 0) is 54.6 Å². The fourth-order valence-electron chi connectivity index (χ4n) is 3.04. The Kier molecular flexibility index (Phi) is 4.35. The first-order valence-electron chi connectivity index (χ1n) is 9.21. The molecule has 2 aromatic carbocycles. The Morgan fingerprint density at radius 3 is 2.41 bits per heavy atom. The number of nitrogens with zero attached hydrogens (tertiary/aromatic N) is 4. The quantitative estimate of drug-likeness (QED) is 0.447. The average molecular weight is 379 g/mol. The molecule has 0 saturated heterocycles. The van der Waals surface area contributed by atoms with Gasteiger partial charge in [-0.15, -0.1) is 0 Å². The average Bonchev–Trinajstić information content (AvgIpc) is 3.20. The van der Waals surface area contributed by atoms with Crippen LogP contribution < -0.4 is 10.1 Å². The zero-order valence-electron chi connectivity index (χ0n) is 15.4. The summed E-state index contributed by atoms with van der Waals surface area (Å²) in [6.07, 6.45) is 5.52. The molecule has 0 bridgehead atoms. The van der Waals surface area contributed by atoms with Crippen molar-refractivity contribution in [2.75, 3.05) is 5.32 Å². The monoisotopic (exact) mass is 379 g/mol. The fourth-order valence-corrected chi connectivity index (χ4v) is 3.04. The highest BCUT2D eigenvalue weighted by molar-refractivity contribution is 5.62. The number of hydrogen-bond donors (Lipinski definition) is 1. The lowest BCUT2D eigenvalue weighted by Crippen LogP contribution is -1.99. The van der Waals surface area contributed by atoms with Crippen LogP contribution in [0.15, 0.2) is 97.5 Å². The van der Waals surface area contributed by atoms with Gasteiger partial charge in [0.25, 0.3) is 0 Å². The van der Waals surface area contributed by atoms with Crippen LogP contribution >= 0.6 is 0 Å². The van der Waals surface area contributed by atoms with Crippen LogP contribution in [-0.4, -0.2) is 19.4 Å². The summed E-state index contributed by atoms with van der Waals surface area (Å²) in [5, 5.41) is 3.24. The molecule has 0 aliphatic carbocycles. The molecule has 6 nitrogen and oxygen atoms in total. The molecule has 29 heavy (non-hydrogen) atoms. The third-order valence-electron chi connectivity index (χ3n) is 4.42. The van der Waals surface area contributed by atoms with Gasteiger partial charge in [-0.2, -0.15) is 0 Å². The van der Waals surface area contributed by atoms with Gasteiger partial charge in [-0.3, -0.25) is 4.40 Å². The molecule has 5 aromatic rings. The van der Waals surface area contributed by atoms with Gasteiger partial charge in [0.05, 0.1) is 17.6 Å². The Labute approximate surface area is 167 Å². The van der Waals surface area contributed by atoms with Crippen LogP contribution in [0, 0.1) is 0 Å². The zero-order chi connectivity index (χ0) is 19.5. The number of para-hydroxylation sites is 1. The Bertz CT molecular complexity index is 1250. The molecule has 0 aliphatic heterocycles. The van der Waals surface area contributed by atoms with Crippen molar-refractivity contribution in [3.8, 4) is 22.9 Å². The Morgan fingerprint density at radius 1 is 0.759 bits per heavy atom. The van der Waals surface area contributed by atoms with Gasteiger partial charge < -0.3 is 10.1 Å². The predicted molar refractivity (Wildman–Crippen MR) is 112 cm³/mol. The van der Waals surface area contributed by atoms with Gasteiger partial charge in [-0.25, -0.2) is 15.0 Å². The van der Waals surface area contributed by atoms with Crippen LogP contribution in [0.4, 0.5) is 11.6 Å². The number of fused-ring (bicyclic) bond motifs is 1. The first-order valence-corrected chi connectivity index (χ1v) is 9.21. The van der Waals surface area contributed by atoms with Crippen LogP contribution in [0.3, 0.4) is 0 Å². The molecule has 0 fully saturated rings. The molecule has 0 amide bonds. The van der Waals surface area contributed by atoms with Gasteiger partial charge in [0, 0.05) is 18.1 Å². The summed E-state index contributed by atoms with van der Waals surface area (Å²) in [6.45, 7) is 0. The van der Waals surface area contributed by atoms with Gasteiger partial charge in [0.15, 0.2) is 0 Å². The van der Waals surface area contributed by atoms with E-state index >= 15 is 0 Å². The lowest BCUT2D eigenvalue weighted by Gasteiger charge is -2.09. The molecule has 0 unspecified atom stereocenters. The highest BCUT2D eigenvalue weighted by Gasteiger charge is 2.08. The van der Waals surface area contributed by atoms with Crippen LogP contribution in [0.5, 0.6) is 11.5 Å². The number of anilines is 2. The molecule has 6 heteroatoms. The Balaban J connectivity index is 1.35. The van der Waals surface area contributed by atoms with Crippen LogP contribution in [0.2, 0.25) is 0 Å². The molecule has 0 radical (unpaired) electrons. The highest BCUT2D eigenvalue weighted by atomic mass is 16.5. The van der Waals surface area contributed by atoms with E-state index in [1.807, 2.05) is 95.7 Å². The first-order chi connectivity index (χ1) is 14.3. The van der Waals surface area contributed by atoms with Gasteiger partial charge in [0.2, 0.25) is 5.95 Å². The van der Waals surface area contributed by atoms with E-state index in [9.17, 15) is 0 Å². The molecule has 5 rings (SSSR count). The predicted octanol–water partition coefficient (Wildman–Crippen LogP) is 5.33. The van der Waals surface area contributed by atoms with Crippen molar-refractivity contribution in [3.05, 3.63) is 97.5 Å². The Morgan fingerprint density at radius 2 is 1.55 bits per heavy atom. The number of imidazole rings is 1. The van der Waals surface area contributed by atoms with E-state index in [1.165, 1.54) is 0 Å². The largest absolute Gasteiger partial charge is 0.457 e. The normalized spacial score (nSPS) is 10.8. The van der Waals surface area contributed by atoms with E-state index in [2.05, 4.69) is 20.3 Å². The number of benzene rings is 2. The maximum atomic E-state index is 5.82. The van der Waals surface area contributed by atoms with Gasteiger partial charge in [-0.1, -0.05) is 24.3 Å². The second-order valence-corrected chi connectivity index (χ2v) is 6.40. The summed E-state index contributed by atoms with van der Waals surface area (Å²) in [7, 11) is 0. The van der Waals surface area contributed by atoms with Crippen molar-refractivity contribution in [1.82, 2.24) is 19.4 Å². The van der Waals surface area contributed by atoms with E-state index in [1.54, 1.807) is 6.20 Å². The molecule has 0 spiro atoms. The molecule has 140 valence electrons. The van der Waals surface area contributed by atoms with Crippen molar-refractivity contribution in [2.24, 2.45) is 0 Å². The number of hydrogen-bond acceptors (Lipinski definition) is 5. The summed E-state index contributed by atoms with van der Waals surface area (Å²) in [5.74, 6) is 2.09. The second kappa shape index (κ2) is 7.44. The molecule has 1 N–H and O–H groups in total. The summed E-state index contributed by atoms with van der Waals surface area (Å²) < 4.78 is 7.83. The number of pyridine rings is 1. The molecule has 3 aromatic heterocycles. The third kappa shape index (κ3) is 3.64. The molecule has 0 aliphatic rings. The summed E-state index contributed by atoms with van der Waals surface area (Å²) in [5.41, 5.74) is 3.47. The van der Waals surface area contributed by atoms with E-state index in [0.29, 0.717) is 5.95 Å². The minimum Gasteiger partial charge on any atom is -0.457 e. The van der Waals surface area contributed by atoms with Gasteiger partial charge in [0.1, 0.15) is 17.1 Å². The number of rotatable bonds is 5. The molecule has 0 atom stereocenters. The topological polar surface area (TPSA) is 64.3 Å². The van der Waals surface area contributed by atoms with Crippen molar-refractivity contribution in [1.29, 1.82) is 0 Å². The number of aromatic nitrogens is 4. The minimum absolute atomic E-state index is 0.519. The Hall–Kier alpha value is -4.19. The van der Waals surface area contributed by atoms with Crippen LogP contribution in [0.25, 0.3) is 17.0 Å². The maximum absolute atomic E-state index is 5.82. The third-order valence-corrected chi connectivity index (χ3v) is 4.42. The zero-order valence-corrected chi connectivity index (χ0v) is 15.4. The first kappa shape index (κ1) is 16.9. The standard InChI is InChI=1S/C23H17N5O/c1-2-6-18(7-3-1)29-19-11-9-17(10-12-19)26-23-24-14-13-20(27-23)21-16-25-22-8-4-5-15-28(21)22/h1-16H,(H,24,26,27). The van der Waals surface area contributed by atoms with E-state index in [4.69, 9.17) is 4.74 Å². The fraction of sp³-hybridized carbons (Fsp3) is 0. The van der Waals surface area contributed by atoms with Crippen molar-refractivity contribution in [3.63, 3.8) is 0 Å². The highest BCUT2D eigenvalue weighted by Crippen LogP contribution is 2.24. The SMILES string of the molecule is c1ccc(Oc2ccc(Nc3nccc(-c4cnc5ccccn45)n3)cc2)cc1. The molecular formula is C23H17N5O. The van der Waals surface area contributed by atoms with E-state index in [0.717, 1.165) is 34.2 Å². The number of ether oxygens (including phenoxy) is 1. The molecular weight excluding hydrogens is 362 g/mol. The maximum Gasteiger partial charge on any atom is 0.227 e. The van der Waals surface area contributed by atoms with Crippen LogP contribution in [-0.2, 0) is 0 Å². The smallest absolute Gasteiger partial charge is 0.227 e. The second-order valence-electron chi connectivity index (χ2n) is 6.40. The summed E-state index contributed by atoms with van der Waals surface area (Å²) in [6, 6.07) is 25.1. The minimum atomic E-state index is 0.519. The molecule has 3 heterocycles. The lowest BCUT2D eigenvalue weighted by atomic mass is 10.3. The van der Waals surface area contributed by atoms with E-state index < -0.39 is 0 Å².